The number of hydrogen-bond donors (Lipinski definition) is 2. The molecule has 4 rings (SSSR count). The molecule has 2 N–H and O–H groups in total. The SMILES string of the molecule is O=C(NO)c1cnc(N2C[C@@H]3C2CN3C(=O)OCc2cccnc2)nc1. The number of carbonyl (C=O) groups is 2. The monoisotopic (exact) mass is 356 g/mol. The number of nitrogens with one attached hydrogen (secondary N) is 1. The minimum absolute atomic E-state index is 0.0837. The summed E-state index contributed by atoms with van der Waals surface area (Å²) in [5.41, 5.74) is 2.54. The van der Waals surface area contributed by atoms with Gasteiger partial charge in [0.2, 0.25) is 5.95 Å². The topological polar surface area (TPSA) is 121 Å². The third kappa shape index (κ3) is 2.80. The Bertz CT molecular complexity index is 815. The van der Waals surface area contributed by atoms with E-state index in [-0.39, 0.29) is 30.3 Å². The molecule has 26 heavy (non-hydrogen) atoms. The summed E-state index contributed by atoms with van der Waals surface area (Å²) in [4.78, 5) is 39.3. The van der Waals surface area contributed by atoms with Gasteiger partial charge in [-0.05, 0) is 6.07 Å². The number of piperazine rings is 1. The van der Waals surface area contributed by atoms with E-state index in [0.29, 0.717) is 19.0 Å². The van der Waals surface area contributed by atoms with Crippen LogP contribution in [0.2, 0.25) is 0 Å². The number of carbonyl (C=O) groups excluding carboxylic acids is 2. The van der Waals surface area contributed by atoms with Crippen LogP contribution in [-0.4, -0.2) is 62.2 Å². The van der Waals surface area contributed by atoms with Crippen LogP contribution in [0.5, 0.6) is 0 Å². The Morgan fingerprint density at radius 2 is 2.04 bits per heavy atom. The number of ether oxygens (including phenoxy) is 1. The Morgan fingerprint density at radius 3 is 2.65 bits per heavy atom. The summed E-state index contributed by atoms with van der Waals surface area (Å²) in [5.74, 6) is -0.173. The Hall–Kier alpha value is -3.27. The number of pyridine rings is 1. The smallest absolute Gasteiger partial charge is 0.410 e. The Kier molecular flexibility index (Phi) is 4.09. The standard InChI is InChI=1S/C16H16N6O4/c23-14(20-25)11-5-18-15(19-6-11)21-7-13-12(21)8-22(13)16(24)26-9-10-2-1-3-17-4-10/h1-6,12-13,25H,7-9H2,(H,20,23)/t12?,13-/m1/s1. The lowest BCUT2D eigenvalue weighted by Gasteiger charge is -2.60. The normalized spacial score (nSPS) is 20.5. The Labute approximate surface area is 148 Å². The van der Waals surface area contributed by atoms with Crippen LogP contribution in [0.25, 0.3) is 0 Å². The van der Waals surface area contributed by atoms with Gasteiger partial charge in [-0.2, -0.15) is 0 Å². The van der Waals surface area contributed by atoms with E-state index >= 15 is 0 Å². The maximum Gasteiger partial charge on any atom is 0.410 e. The van der Waals surface area contributed by atoms with E-state index in [1.165, 1.54) is 17.9 Å². The molecule has 2 aromatic rings. The molecule has 0 aliphatic carbocycles. The van der Waals surface area contributed by atoms with Crippen molar-refractivity contribution in [3.8, 4) is 0 Å². The first kappa shape index (κ1) is 16.2. The number of fused-ring (bicyclic) bond motifs is 1. The minimum atomic E-state index is -0.663. The fourth-order valence-electron chi connectivity index (χ4n) is 3.06. The summed E-state index contributed by atoms with van der Waals surface area (Å²) in [7, 11) is 0. The molecule has 2 aliphatic rings. The van der Waals surface area contributed by atoms with Crippen molar-refractivity contribution >= 4 is 17.9 Å². The second-order valence-electron chi connectivity index (χ2n) is 6.07. The molecule has 4 heterocycles. The molecule has 2 aromatic heterocycles. The molecule has 0 saturated carbocycles. The Balaban J connectivity index is 1.29. The fourth-order valence-corrected chi connectivity index (χ4v) is 3.06. The number of rotatable bonds is 4. The molecule has 134 valence electrons. The molecule has 0 spiro atoms. The molecule has 2 amide bonds. The van der Waals surface area contributed by atoms with E-state index < -0.39 is 5.91 Å². The molecular formula is C16H16N6O4. The van der Waals surface area contributed by atoms with Crippen LogP contribution in [0.15, 0.2) is 36.9 Å². The summed E-state index contributed by atoms with van der Waals surface area (Å²) < 4.78 is 5.31. The third-order valence-corrected chi connectivity index (χ3v) is 4.59. The van der Waals surface area contributed by atoms with Crippen LogP contribution >= 0.6 is 0 Å². The summed E-state index contributed by atoms with van der Waals surface area (Å²) in [5, 5.41) is 8.59. The van der Waals surface area contributed by atoms with Gasteiger partial charge in [0.05, 0.1) is 17.6 Å². The molecule has 2 atom stereocenters. The summed E-state index contributed by atoms with van der Waals surface area (Å²) in [6, 6.07) is 3.88. The predicted octanol–water partition coefficient (Wildman–Crippen LogP) is 0.200. The lowest BCUT2D eigenvalue weighted by molar-refractivity contribution is 0.0000188. The summed E-state index contributed by atoms with van der Waals surface area (Å²) in [6.07, 6.45) is 5.68. The minimum Gasteiger partial charge on any atom is -0.444 e. The van der Waals surface area contributed by atoms with Crippen molar-refractivity contribution in [2.24, 2.45) is 0 Å². The number of hydrogen-bond acceptors (Lipinski definition) is 8. The Morgan fingerprint density at radius 1 is 1.23 bits per heavy atom. The molecule has 0 aromatic carbocycles. The number of amides is 2. The van der Waals surface area contributed by atoms with Gasteiger partial charge in [0.25, 0.3) is 5.91 Å². The molecule has 2 saturated heterocycles. The van der Waals surface area contributed by atoms with Crippen LogP contribution < -0.4 is 10.4 Å². The summed E-state index contributed by atoms with van der Waals surface area (Å²) >= 11 is 0. The van der Waals surface area contributed by atoms with E-state index in [1.807, 2.05) is 11.0 Å². The maximum absolute atomic E-state index is 12.1. The second-order valence-corrected chi connectivity index (χ2v) is 6.07. The zero-order chi connectivity index (χ0) is 18.1. The van der Waals surface area contributed by atoms with Gasteiger partial charge in [-0.3, -0.25) is 19.9 Å². The van der Waals surface area contributed by atoms with Crippen LogP contribution in [0.3, 0.4) is 0 Å². The van der Waals surface area contributed by atoms with Crippen LogP contribution in [0, 0.1) is 0 Å². The van der Waals surface area contributed by atoms with Gasteiger partial charge in [0.15, 0.2) is 0 Å². The number of likely N-dealkylation sites (tertiary alicyclic amines) is 1. The highest BCUT2D eigenvalue weighted by atomic mass is 16.6. The van der Waals surface area contributed by atoms with Gasteiger partial charge in [-0.25, -0.2) is 20.2 Å². The van der Waals surface area contributed by atoms with Crippen LogP contribution in [-0.2, 0) is 11.3 Å². The fraction of sp³-hybridized carbons (Fsp3) is 0.312. The predicted molar refractivity (Wildman–Crippen MR) is 87.3 cm³/mol. The summed E-state index contributed by atoms with van der Waals surface area (Å²) in [6.45, 7) is 1.35. The average Bonchev–Trinajstić information content (AvgIpc) is 2.68. The molecule has 1 unspecified atom stereocenters. The van der Waals surface area contributed by atoms with E-state index in [0.717, 1.165) is 5.56 Å². The largest absolute Gasteiger partial charge is 0.444 e. The molecule has 0 radical (unpaired) electrons. The van der Waals surface area contributed by atoms with Crippen molar-refractivity contribution in [1.29, 1.82) is 0 Å². The molecule has 10 heteroatoms. The van der Waals surface area contributed by atoms with Gasteiger partial charge >= 0.3 is 6.09 Å². The zero-order valence-corrected chi connectivity index (χ0v) is 13.6. The highest BCUT2D eigenvalue weighted by molar-refractivity contribution is 5.92. The molecule has 10 nitrogen and oxygen atoms in total. The van der Waals surface area contributed by atoms with Crippen LogP contribution in [0.4, 0.5) is 10.7 Å². The highest BCUT2D eigenvalue weighted by Crippen LogP contribution is 2.36. The number of hydroxylamine groups is 1. The molecule has 2 fully saturated rings. The van der Waals surface area contributed by atoms with Gasteiger partial charge in [-0.1, -0.05) is 6.07 Å². The first-order valence-corrected chi connectivity index (χ1v) is 8.03. The molecule has 0 bridgehead atoms. The van der Waals surface area contributed by atoms with Gasteiger partial charge in [-0.15, -0.1) is 0 Å². The van der Waals surface area contributed by atoms with Crippen molar-refractivity contribution in [2.45, 2.75) is 18.7 Å². The van der Waals surface area contributed by atoms with Crippen LogP contribution in [0.1, 0.15) is 15.9 Å². The second kappa shape index (κ2) is 6.56. The van der Waals surface area contributed by atoms with Gasteiger partial charge in [0.1, 0.15) is 6.61 Å². The van der Waals surface area contributed by atoms with Crippen molar-refractivity contribution < 1.29 is 19.5 Å². The van der Waals surface area contributed by atoms with E-state index in [9.17, 15) is 9.59 Å². The maximum atomic E-state index is 12.1. The van der Waals surface area contributed by atoms with Crippen molar-refractivity contribution in [3.05, 3.63) is 48.0 Å². The molecule has 2 aliphatic heterocycles. The van der Waals surface area contributed by atoms with E-state index in [2.05, 4.69) is 15.0 Å². The quantitative estimate of drug-likeness (QED) is 0.589. The highest BCUT2D eigenvalue weighted by Gasteiger charge is 2.55. The lowest BCUT2D eigenvalue weighted by atomic mass is 9.86. The van der Waals surface area contributed by atoms with Crippen molar-refractivity contribution in [1.82, 2.24) is 25.3 Å². The van der Waals surface area contributed by atoms with Crippen molar-refractivity contribution in [3.63, 3.8) is 0 Å². The van der Waals surface area contributed by atoms with Gasteiger partial charge < -0.3 is 9.64 Å². The number of anilines is 1. The number of aromatic nitrogens is 3. The third-order valence-electron chi connectivity index (χ3n) is 4.59. The number of nitrogens with zero attached hydrogens (tertiary/aromatic N) is 5. The zero-order valence-electron chi connectivity index (χ0n) is 13.6. The first-order valence-electron chi connectivity index (χ1n) is 8.03. The lowest BCUT2D eigenvalue weighted by Crippen LogP contribution is -2.80. The van der Waals surface area contributed by atoms with Gasteiger partial charge in [0, 0.05) is 43.4 Å². The first-order chi connectivity index (χ1) is 12.7. The van der Waals surface area contributed by atoms with Crippen molar-refractivity contribution in [2.75, 3.05) is 18.0 Å². The van der Waals surface area contributed by atoms with E-state index in [1.54, 1.807) is 23.4 Å². The molecular weight excluding hydrogens is 340 g/mol. The van der Waals surface area contributed by atoms with E-state index in [4.69, 9.17) is 9.94 Å². The average molecular weight is 356 g/mol.